The first-order valence-electron chi connectivity index (χ1n) is 3.83. The second-order valence-electron chi connectivity index (χ2n) is 2.60. The maximum absolute atomic E-state index is 12.2. The molecule has 0 saturated heterocycles. The Bertz CT molecular complexity index is 283. The van der Waals surface area contributed by atoms with Crippen LogP contribution < -0.4 is 10.5 Å². The molecule has 0 radical (unpaired) electrons. The minimum Gasteiger partial charge on any atom is -0.496 e. The van der Waals surface area contributed by atoms with E-state index in [2.05, 4.69) is 0 Å². The Balaban J connectivity index is 0.00000169. The Labute approximate surface area is 87.5 Å². The van der Waals surface area contributed by atoms with Crippen molar-refractivity contribution >= 4 is 12.4 Å². The second-order valence-corrected chi connectivity index (χ2v) is 2.60. The molecule has 0 bridgehead atoms. The number of rotatable bonds is 3. The first kappa shape index (κ1) is 13.1. The quantitative estimate of drug-likeness (QED) is 0.854. The van der Waals surface area contributed by atoms with Gasteiger partial charge in [0, 0.05) is 5.56 Å². The van der Waals surface area contributed by atoms with Crippen molar-refractivity contribution in [3.8, 4) is 5.75 Å². The summed E-state index contributed by atoms with van der Waals surface area (Å²) in [7, 11) is 1.43. The standard InChI is InChI=1S/C9H11F2NO.ClH/c1-13-7-5-3-2-4-6(7)8(12)9(10)11;/h2-5,8-9H,12H2,1H3;1H. The monoisotopic (exact) mass is 223 g/mol. The lowest BCUT2D eigenvalue weighted by Crippen LogP contribution is -2.19. The van der Waals surface area contributed by atoms with Crippen molar-refractivity contribution in [2.75, 3.05) is 7.11 Å². The molecule has 1 aromatic rings. The number of benzene rings is 1. The van der Waals surface area contributed by atoms with Gasteiger partial charge in [0.25, 0.3) is 6.43 Å². The summed E-state index contributed by atoms with van der Waals surface area (Å²) in [5.41, 5.74) is 5.62. The molecule has 2 N–H and O–H groups in total. The Hall–Kier alpha value is -0.870. The molecular weight excluding hydrogens is 212 g/mol. The number of halogens is 3. The predicted octanol–water partition coefficient (Wildman–Crippen LogP) is 2.38. The van der Waals surface area contributed by atoms with Gasteiger partial charge >= 0.3 is 0 Å². The van der Waals surface area contributed by atoms with Crippen molar-refractivity contribution in [2.24, 2.45) is 5.73 Å². The van der Waals surface area contributed by atoms with Gasteiger partial charge in [-0.25, -0.2) is 8.78 Å². The summed E-state index contributed by atoms with van der Waals surface area (Å²) in [6.45, 7) is 0. The zero-order valence-electron chi connectivity index (χ0n) is 7.61. The van der Waals surface area contributed by atoms with Crippen LogP contribution in [0.3, 0.4) is 0 Å². The van der Waals surface area contributed by atoms with Crippen molar-refractivity contribution < 1.29 is 13.5 Å². The molecule has 80 valence electrons. The van der Waals surface area contributed by atoms with E-state index < -0.39 is 12.5 Å². The lowest BCUT2D eigenvalue weighted by atomic mass is 10.1. The average Bonchev–Trinajstić information content (AvgIpc) is 2.16. The van der Waals surface area contributed by atoms with Gasteiger partial charge in [-0.1, -0.05) is 18.2 Å². The Kier molecular flexibility index (Phi) is 5.42. The predicted molar refractivity (Wildman–Crippen MR) is 53.2 cm³/mol. The zero-order valence-corrected chi connectivity index (χ0v) is 8.43. The molecule has 0 aliphatic rings. The maximum atomic E-state index is 12.2. The van der Waals surface area contributed by atoms with Crippen molar-refractivity contribution in [3.63, 3.8) is 0 Å². The Morgan fingerprint density at radius 1 is 1.29 bits per heavy atom. The van der Waals surface area contributed by atoms with Crippen molar-refractivity contribution in [1.82, 2.24) is 0 Å². The molecule has 14 heavy (non-hydrogen) atoms. The van der Waals surface area contributed by atoms with Gasteiger partial charge in [-0.3, -0.25) is 0 Å². The minimum atomic E-state index is -2.57. The van der Waals surface area contributed by atoms with Crippen LogP contribution >= 0.6 is 12.4 Å². The summed E-state index contributed by atoms with van der Waals surface area (Å²) < 4.78 is 29.4. The fourth-order valence-electron chi connectivity index (χ4n) is 1.08. The van der Waals surface area contributed by atoms with E-state index in [1.165, 1.54) is 13.2 Å². The molecule has 0 amide bonds. The number of alkyl halides is 2. The summed E-state index contributed by atoms with van der Waals surface area (Å²) in [6, 6.07) is 5.23. The molecule has 0 fully saturated rings. The highest BCUT2D eigenvalue weighted by molar-refractivity contribution is 5.85. The highest BCUT2D eigenvalue weighted by atomic mass is 35.5. The molecule has 0 aliphatic carbocycles. The molecular formula is C9H12ClF2NO. The third kappa shape index (κ3) is 2.82. The molecule has 1 rings (SSSR count). The van der Waals surface area contributed by atoms with Crippen molar-refractivity contribution in [2.45, 2.75) is 12.5 Å². The molecule has 1 unspecified atom stereocenters. The molecule has 0 aliphatic heterocycles. The molecule has 0 saturated carbocycles. The summed E-state index contributed by atoms with van der Waals surface area (Å²) in [6.07, 6.45) is -2.57. The van der Waals surface area contributed by atoms with Crippen LogP contribution in [0, 0.1) is 0 Å². The van der Waals surface area contributed by atoms with E-state index in [0.717, 1.165) is 0 Å². The summed E-state index contributed by atoms with van der Waals surface area (Å²) in [5.74, 6) is 0.398. The van der Waals surface area contributed by atoms with Crippen LogP contribution in [0.4, 0.5) is 8.78 Å². The van der Waals surface area contributed by atoms with E-state index in [9.17, 15) is 8.78 Å². The van der Waals surface area contributed by atoms with Crippen molar-refractivity contribution in [3.05, 3.63) is 29.8 Å². The first-order chi connectivity index (χ1) is 6.16. The molecule has 1 atom stereocenters. The Morgan fingerprint density at radius 3 is 2.36 bits per heavy atom. The minimum absolute atomic E-state index is 0. The summed E-state index contributed by atoms with van der Waals surface area (Å²) >= 11 is 0. The van der Waals surface area contributed by atoms with Crippen LogP contribution in [-0.2, 0) is 0 Å². The molecule has 0 spiro atoms. The SMILES string of the molecule is COc1ccccc1C(N)C(F)F.Cl. The van der Waals surface area contributed by atoms with Crippen LogP contribution in [-0.4, -0.2) is 13.5 Å². The van der Waals surface area contributed by atoms with E-state index in [4.69, 9.17) is 10.5 Å². The van der Waals surface area contributed by atoms with E-state index in [1.54, 1.807) is 18.2 Å². The number of hydrogen-bond acceptors (Lipinski definition) is 2. The molecule has 1 aromatic carbocycles. The highest BCUT2D eigenvalue weighted by Gasteiger charge is 2.20. The third-order valence-corrected chi connectivity index (χ3v) is 1.77. The summed E-state index contributed by atoms with van der Waals surface area (Å²) in [4.78, 5) is 0. The number of nitrogens with two attached hydrogens (primary N) is 1. The summed E-state index contributed by atoms with van der Waals surface area (Å²) in [5, 5.41) is 0. The van der Waals surface area contributed by atoms with Crippen molar-refractivity contribution in [1.29, 1.82) is 0 Å². The molecule has 2 nitrogen and oxygen atoms in total. The smallest absolute Gasteiger partial charge is 0.257 e. The largest absolute Gasteiger partial charge is 0.496 e. The van der Waals surface area contributed by atoms with Crippen LogP contribution in [0.15, 0.2) is 24.3 Å². The van der Waals surface area contributed by atoms with Crippen LogP contribution in [0.1, 0.15) is 11.6 Å². The van der Waals surface area contributed by atoms with Crippen LogP contribution in [0.2, 0.25) is 0 Å². The number of para-hydroxylation sites is 1. The van der Waals surface area contributed by atoms with E-state index in [-0.39, 0.29) is 12.4 Å². The number of ether oxygens (including phenoxy) is 1. The van der Waals surface area contributed by atoms with Gasteiger partial charge in [0.1, 0.15) is 5.75 Å². The molecule has 5 heteroatoms. The van der Waals surface area contributed by atoms with Crippen LogP contribution in [0.25, 0.3) is 0 Å². The van der Waals surface area contributed by atoms with Crippen LogP contribution in [0.5, 0.6) is 5.75 Å². The highest BCUT2D eigenvalue weighted by Crippen LogP contribution is 2.26. The zero-order chi connectivity index (χ0) is 9.84. The lowest BCUT2D eigenvalue weighted by molar-refractivity contribution is 0.115. The molecule has 0 heterocycles. The topological polar surface area (TPSA) is 35.2 Å². The van der Waals surface area contributed by atoms with Gasteiger partial charge in [0.2, 0.25) is 0 Å². The third-order valence-electron chi connectivity index (χ3n) is 1.77. The maximum Gasteiger partial charge on any atom is 0.257 e. The fourth-order valence-corrected chi connectivity index (χ4v) is 1.08. The molecule has 0 aromatic heterocycles. The van der Waals surface area contributed by atoms with E-state index in [0.29, 0.717) is 11.3 Å². The van der Waals surface area contributed by atoms with Gasteiger partial charge in [-0.2, -0.15) is 0 Å². The van der Waals surface area contributed by atoms with E-state index >= 15 is 0 Å². The average molecular weight is 224 g/mol. The Morgan fingerprint density at radius 2 is 1.86 bits per heavy atom. The van der Waals surface area contributed by atoms with Gasteiger partial charge in [-0.05, 0) is 6.07 Å². The van der Waals surface area contributed by atoms with Gasteiger partial charge in [0.05, 0.1) is 13.2 Å². The first-order valence-corrected chi connectivity index (χ1v) is 3.83. The van der Waals surface area contributed by atoms with Gasteiger partial charge < -0.3 is 10.5 Å². The number of hydrogen-bond donors (Lipinski definition) is 1. The van der Waals surface area contributed by atoms with E-state index in [1.807, 2.05) is 0 Å². The van der Waals surface area contributed by atoms with Gasteiger partial charge in [-0.15, -0.1) is 12.4 Å². The fraction of sp³-hybridized carbons (Fsp3) is 0.333. The lowest BCUT2D eigenvalue weighted by Gasteiger charge is -2.14. The second kappa shape index (κ2) is 5.78. The normalized spacial score (nSPS) is 12.1. The van der Waals surface area contributed by atoms with Gasteiger partial charge in [0.15, 0.2) is 0 Å². The number of methoxy groups -OCH3 is 1.